The van der Waals surface area contributed by atoms with E-state index in [1.807, 2.05) is 0 Å². The van der Waals surface area contributed by atoms with Crippen LogP contribution in [0.5, 0.6) is 0 Å². The van der Waals surface area contributed by atoms with E-state index < -0.39 is 0 Å². The smallest absolute Gasteiger partial charge is 0.302 e. The summed E-state index contributed by atoms with van der Waals surface area (Å²) >= 11 is 0. The number of hydrogen-bond acceptors (Lipinski definition) is 3. The zero-order valence-corrected chi connectivity index (χ0v) is 15.5. The monoisotopic (exact) mass is 332 g/mol. The van der Waals surface area contributed by atoms with Gasteiger partial charge in [0.25, 0.3) is 0 Å². The van der Waals surface area contributed by atoms with Crippen LogP contribution < -0.4 is 0 Å². The summed E-state index contributed by atoms with van der Waals surface area (Å²) in [4.78, 5) is 24.2. The fraction of sp³-hybridized carbons (Fsp3) is 0.905. The van der Waals surface area contributed by atoms with Crippen LogP contribution >= 0.6 is 0 Å². The molecule has 134 valence electrons. The molecule has 0 saturated heterocycles. The number of rotatable bonds is 1. The van der Waals surface area contributed by atoms with Crippen molar-refractivity contribution >= 4 is 11.8 Å². The van der Waals surface area contributed by atoms with Gasteiger partial charge >= 0.3 is 5.97 Å². The minimum atomic E-state index is -0.124. The van der Waals surface area contributed by atoms with Gasteiger partial charge in [-0.25, -0.2) is 0 Å². The average Bonchev–Trinajstić information content (AvgIpc) is 2.83. The largest absolute Gasteiger partial charge is 0.462 e. The van der Waals surface area contributed by atoms with E-state index in [-0.39, 0.29) is 22.9 Å². The summed E-state index contributed by atoms with van der Waals surface area (Å²) < 4.78 is 5.86. The molecule has 4 aliphatic carbocycles. The van der Waals surface area contributed by atoms with Crippen molar-refractivity contribution in [1.29, 1.82) is 0 Å². The number of ether oxygens (including phenoxy) is 1. The van der Waals surface area contributed by atoms with Crippen LogP contribution in [0.25, 0.3) is 0 Å². The molecule has 7 atom stereocenters. The van der Waals surface area contributed by atoms with E-state index in [9.17, 15) is 9.59 Å². The molecule has 0 bridgehead atoms. The summed E-state index contributed by atoms with van der Waals surface area (Å²) in [5, 5.41) is 0. The molecule has 0 aliphatic heterocycles. The van der Waals surface area contributed by atoms with E-state index in [2.05, 4.69) is 13.8 Å². The maximum Gasteiger partial charge on any atom is 0.302 e. The highest BCUT2D eigenvalue weighted by Crippen LogP contribution is 2.65. The van der Waals surface area contributed by atoms with Crippen molar-refractivity contribution in [2.45, 2.75) is 84.7 Å². The fourth-order valence-electron chi connectivity index (χ4n) is 7.44. The zero-order valence-electron chi connectivity index (χ0n) is 15.5. The van der Waals surface area contributed by atoms with Crippen LogP contribution in [0.4, 0.5) is 0 Å². The molecule has 0 radical (unpaired) electrons. The molecular weight excluding hydrogens is 300 g/mol. The zero-order chi connectivity index (χ0) is 17.1. The molecule has 4 aliphatic rings. The SMILES string of the molecule is CC(=O)OC1CCC[C@@H]2CC[C@@H]3[C@H](CC[C@]4(C)C(=O)CC[C@@H]34)[C@@]12C. The number of esters is 1. The third-order valence-corrected chi connectivity index (χ3v) is 8.69. The van der Waals surface area contributed by atoms with Crippen LogP contribution in [-0.2, 0) is 14.3 Å². The summed E-state index contributed by atoms with van der Waals surface area (Å²) in [5.41, 5.74) is 0.0652. The molecule has 4 fully saturated rings. The van der Waals surface area contributed by atoms with Gasteiger partial charge in [0.2, 0.25) is 0 Å². The van der Waals surface area contributed by atoms with Gasteiger partial charge in [-0.05, 0) is 75.0 Å². The van der Waals surface area contributed by atoms with E-state index >= 15 is 0 Å². The van der Waals surface area contributed by atoms with Crippen molar-refractivity contribution in [2.24, 2.45) is 34.5 Å². The molecule has 3 nitrogen and oxygen atoms in total. The first kappa shape index (κ1) is 16.6. The van der Waals surface area contributed by atoms with Gasteiger partial charge in [-0.15, -0.1) is 0 Å². The minimum absolute atomic E-state index is 0.0596. The van der Waals surface area contributed by atoms with E-state index in [1.165, 1.54) is 25.7 Å². The van der Waals surface area contributed by atoms with Crippen molar-refractivity contribution in [3.05, 3.63) is 0 Å². The molecule has 0 aromatic carbocycles. The van der Waals surface area contributed by atoms with Crippen molar-refractivity contribution in [3.8, 4) is 0 Å². The first-order valence-corrected chi connectivity index (χ1v) is 10.1. The second-order valence-electron chi connectivity index (χ2n) is 9.46. The van der Waals surface area contributed by atoms with E-state index in [0.29, 0.717) is 29.5 Å². The summed E-state index contributed by atoms with van der Waals surface area (Å²) in [6, 6.07) is 0. The first-order chi connectivity index (χ1) is 11.4. The predicted molar refractivity (Wildman–Crippen MR) is 92.3 cm³/mol. The lowest BCUT2D eigenvalue weighted by Crippen LogP contribution is -2.58. The van der Waals surface area contributed by atoms with Gasteiger partial charge in [0, 0.05) is 24.2 Å². The molecular formula is C21H32O3. The van der Waals surface area contributed by atoms with Gasteiger partial charge in [-0.3, -0.25) is 9.59 Å². The lowest BCUT2D eigenvalue weighted by molar-refractivity contribution is -0.188. The van der Waals surface area contributed by atoms with Gasteiger partial charge in [-0.2, -0.15) is 0 Å². The standard InChI is InChI=1S/C21H32O3/c1-13(22)24-19-6-4-5-14-7-8-15-16-9-10-18(23)20(16,2)12-11-17(15)21(14,19)3/h14-17,19H,4-12H2,1-3H3/t14-,15+,16+,17+,19?,20+,21+/m1/s1. The second kappa shape index (κ2) is 5.57. The third-order valence-electron chi connectivity index (χ3n) is 8.69. The molecule has 0 heterocycles. The number of ketones is 1. The lowest BCUT2D eigenvalue weighted by atomic mass is 9.44. The van der Waals surface area contributed by atoms with Gasteiger partial charge in [0.1, 0.15) is 11.9 Å². The number of hydrogen-bond donors (Lipinski definition) is 0. The van der Waals surface area contributed by atoms with Crippen LogP contribution in [0, 0.1) is 34.5 Å². The third kappa shape index (κ3) is 2.15. The second-order valence-corrected chi connectivity index (χ2v) is 9.46. The molecule has 0 aromatic rings. The fourth-order valence-corrected chi connectivity index (χ4v) is 7.44. The number of fused-ring (bicyclic) bond motifs is 5. The first-order valence-electron chi connectivity index (χ1n) is 10.1. The van der Waals surface area contributed by atoms with Crippen LogP contribution in [0.15, 0.2) is 0 Å². The molecule has 0 amide bonds. The van der Waals surface area contributed by atoms with Gasteiger partial charge in [0.05, 0.1) is 0 Å². The van der Waals surface area contributed by atoms with Crippen LogP contribution in [0.2, 0.25) is 0 Å². The number of Topliss-reactive ketones (excluding diaryl/α,β-unsaturated/α-hetero) is 1. The Balaban J connectivity index is 1.67. The van der Waals surface area contributed by atoms with Crippen molar-refractivity contribution in [1.82, 2.24) is 0 Å². The molecule has 1 unspecified atom stereocenters. The summed E-state index contributed by atoms with van der Waals surface area (Å²) in [7, 11) is 0. The van der Waals surface area contributed by atoms with Crippen LogP contribution in [-0.4, -0.2) is 17.9 Å². The Hall–Kier alpha value is -0.860. The highest BCUT2D eigenvalue weighted by atomic mass is 16.5. The maximum atomic E-state index is 12.5. The highest BCUT2D eigenvalue weighted by Gasteiger charge is 2.62. The van der Waals surface area contributed by atoms with Crippen LogP contribution in [0.1, 0.15) is 78.6 Å². The Morgan fingerprint density at radius 3 is 2.58 bits per heavy atom. The minimum Gasteiger partial charge on any atom is -0.462 e. The molecule has 0 spiro atoms. The molecule has 4 rings (SSSR count). The molecule has 3 heteroatoms. The predicted octanol–water partition coefficient (Wildman–Crippen LogP) is 4.53. The topological polar surface area (TPSA) is 43.4 Å². The van der Waals surface area contributed by atoms with E-state index in [0.717, 1.165) is 32.1 Å². The number of carbonyl (C=O) groups is 2. The highest BCUT2D eigenvalue weighted by molar-refractivity contribution is 5.87. The normalized spacial score (nSPS) is 50.6. The maximum absolute atomic E-state index is 12.5. The quantitative estimate of drug-likeness (QED) is 0.663. The Labute approximate surface area is 145 Å². The Bertz CT molecular complexity index is 555. The van der Waals surface area contributed by atoms with Crippen molar-refractivity contribution in [2.75, 3.05) is 0 Å². The molecule has 0 N–H and O–H groups in total. The number of carbonyl (C=O) groups excluding carboxylic acids is 2. The summed E-state index contributed by atoms with van der Waals surface area (Å²) in [6.45, 7) is 6.21. The molecule has 4 saturated carbocycles. The van der Waals surface area contributed by atoms with Crippen molar-refractivity contribution in [3.63, 3.8) is 0 Å². The van der Waals surface area contributed by atoms with E-state index in [4.69, 9.17) is 4.74 Å². The van der Waals surface area contributed by atoms with Gasteiger partial charge in [0.15, 0.2) is 0 Å². The average molecular weight is 332 g/mol. The summed E-state index contributed by atoms with van der Waals surface area (Å²) in [5.74, 6) is 2.94. The van der Waals surface area contributed by atoms with Crippen LogP contribution in [0.3, 0.4) is 0 Å². The summed E-state index contributed by atoms with van der Waals surface area (Å²) in [6.07, 6.45) is 10.2. The molecule has 0 aromatic heterocycles. The van der Waals surface area contributed by atoms with Gasteiger partial charge in [-0.1, -0.05) is 13.8 Å². The molecule has 24 heavy (non-hydrogen) atoms. The Kier molecular flexibility index (Phi) is 3.85. The lowest BCUT2D eigenvalue weighted by Gasteiger charge is -2.61. The van der Waals surface area contributed by atoms with Crippen molar-refractivity contribution < 1.29 is 14.3 Å². The van der Waals surface area contributed by atoms with Gasteiger partial charge < -0.3 is 4.74 Å². The van der Waals surface area contributed by atoms with E-state index in [1.54, 1.807) is 6.92 Å². The Morgan fingerprint density at radius 1 is 1.04 bits per heavy atom. The Morgan fingerprint density at radius 2 is 1.83 bits per heavy atom.